The van der Waals surface area contributed by atoms with Gasteiger partial charge in [-0.05, 0) is 76.2 Å². The summed E-state index contributed by atoms with van der Waals surface area (Å²) in [4.78, 5) is 29.7. The summed E-state index contributed by atoms with van der Waals surface area (Å²) in [5.41, 5.74) is 4.38. The Morgan fingerprint density at radius 3 is 2.45 bits per heavy atom. The van der Waals surface area contributed by atoms with E-state index in [0.717, 1.165) is 48.4 Å². The van der Waals surface area contributed by atoms with Crippen molar-refractivity contribution in [3.63, 3.8) is 0 Å². The van der Waals surface area contributed by atoms with Crippen LogP contribution >= 0.6 is 0 Å². The summed E-state index contributed by atoms with van der Waals surface area (Å²) in [6.07, 6.45) is 2.64. The van der Waals surface area contributed by atoms with Crippen molar-refractivity contribution in [2.24, 2.45) is 0 Å². The predicted molar refractivity (Wildman–Crippen MR) is 116 cm³/mol. The van der Waals surface area contributed by atoms with Gasteiger partial charge in [-0.1, -0.05) is 23.8 Å². The van der Waals surface area contributed by atoms with Crippen molar-refractivity contribution < 1.29 is 9.59 Å². The molecule has 0 spiro atoms. The average Bonchev–Trinajstić information content (AvgIpc) is 3.16. The number of urea groups is 1. The van der Waals surface area contributed by atoms with Crippen molar-refractivity contribution in [2.75, 3.05) is 36.9 Å². The Morgan fingerprint density at radius 1 is 1.00 bits per heavy atom. The minimum absolute atomic E-state index is 0.0304. The van der Waals surface area contributed by atoms with Gasteiger partial charge >= 0.3 is 6.03 Å². The van der Waals surface area contributed by atoms with E-state index in [4.69, 9.17) is 0 Å². The minimum Gasteiger partial charge on any atom is -0.349 e. The number of nitrogens with zero attached hydrogens (tertiary/aromatic N) is 2. The number of nitrogens with one attached hydrogen (secondary N) is 2. The van der Waals surface area contributed by atoms with E-state index in [2.05, 4.69) is 22.6 Å². The number of rotatable bonds is 3. The van der Waals surface area contributed by atoms with Gasteiger partial charge in [0.15, 0.2) is 0 Å². The van der Waals surface area contributed by atoms with Gasteiger partial charge in [0, 0.05) is 29.5 Å². The molecule has 0 radical (unpaired) electrons. The lowest BCUT2D eigenvalue weighted by Crippen LogP contribution is -2.43. The maximum absolute atomic E-state index is 12.9. The van der Waals surface area contributed by atoms with Crippen LogP contribution in [0.5, 0.6) is 0 Å². The molecule has 0 saturated carbocycles. The van der Waals surface area contributed by atoms with Crippen molar-refractivity contribution in [1.29, 1.82) is 0 Å². The summed E-state index contributed by atoms with van der Waals surface area (Å²) in [7, 11) is 2.11. The van der Waals surface area contributed by atoms with Crippen molar-refractivity contribution in [3.05, 3.63) is 59.2 Å². The molecule has 0 aromatic heterocycles. The number of carbonyl (C=O) groups is 2. The van der Waals surface area contributed by atoms with Crippen LogP contribution in [0.1, 0.15) is 34.3 Å². The zero-order valence-electron chi connectivity index (χ0n) is 17.1. The highest BCUT2D eigenvalue weighted by atomic mass is 16.2. The molecule has 29 heavy (non-hydrogen) atoms. The molecule has 0 bridgehead atoms. The van der Waals surface area contributed by atoms with Crippen LogP contribution in [0.3, 0.4) is 0 Å². The fourth-order valence-electron chi connectivity index (χ4n) is 4.10. The third-order valence-electron chi connectivity index (χ3n) is 5.87. The monoisotopic (exact) mass is 392 g/mol. The number of likely N-dealkylation sites (tertiary alicyclic amines) is 1. The standard InChI is InChI=1S/C23H28N4O2/c1-16-6-8-17(9-7-16)25-23(29)27-15-12-19-20(4-3-5-21(19)27)22(28)24-18-10-13-26(2)14-11-18/h3-9,18H,10-15H2,1-2H3,(H,24,28)(H,25,29). The smallest absolute Gasteiger partial charge is 0.326 e. The molecule has 2 aromatic rings. The topological polar surface area (TPSA) is 64.7 Å². The molecule has 6 heteroatoms. The van der Waals surface area contributed by atoms with Gasteiger partial charge in [-0.2, -0.15) is 0 Å². The number of anilines is 2. The first-order valence-corrected chi connectivity index (χ1v) is 10.3. The van der Waals surface area contributed by atoms with Crippen LogP contribution in [0, 0.1) is 6.92 Å². The second-order valence-electron chi connectivity index (χ2n) is 8.05. The van der Waals surface area contributed by atoms with E-state index in [-0.39, 0.29) is 18.0 Å². The van der Waals surface area contributed by atoms with Gasteiger partial charge in [-0.25, -0.2) is 4.79 Å². The van der Waals surface area contributed by atoms with Crippen molar-refractivity contribution in [2.45, 2.75) is 32.2 Å². The lowest BCUT2D eigenvalue weighted by molar-refractivity contribution is 0.0916. The second kappa shape index (κ2) is 8.25. The Kier molecular flexibility index (Phi) is 5.53. The van der Waals surface area contributed by atoms with E-state index in [1.165, 1.54) is 0 Å². The molecule has 1 fully saturated rings. The highest BCUT2D eigenvalue weighted by Crippen LogP contribution is 2.31. The Morgan fingerprint density at radius 2 is 1.72 bits per heavy atom. The van der Waals surface area contributed by atoms with Crippen LogP contribution in [0.4, 0.5) is 16.2 Å². The number of fused-ring (bicyclic) bond motifs is 1. The minimum atomic E-state index is -0.166. The molecule has 2 heterocycles. The zero-order valence-corrected chi connectivity index (χ0v) is 17.1. The van der Waals surface area contributed by atoms with E-state index in [1.54, 1.807) is 4.90 Å². The number of hydrogen-bond donors (Lipinski definition) is 2. The molecule has 4 rings (SSSR count). The maximum atomic E-state index is 12.9. The van der Waals surface area contributed by atoms with E-state index in [0.29, 0.717) is 18.5 Å². The van der Waals surface area contributed by atoms with Crippen LogP contribution in [0.2, 0.25) is 0 Å². The molecule has 0 unspecified atom stereocenters. The van der Waals surface area contributed by atoms with E-state index >= 15 is 0 Å². The quantitative estimate of drug-likeness (QED) is 0.841. The molecular weight excluding hydrogens is 364 g/mol. The first kappa shape index (κ1) is 19.5. The number of aryl methyl sites for hydroxylation is 1. The summed E-state index contributed by atoms with van der Waals surface area (Å²) >= 11 is 0. The molecule has 3 amide bonds. The fourth-order valence-corrected chi connectivity index (χ4v) is 4.10. The van der Waals surface area contributed by atoms with Crippen LogP contribution in [0.25, 0.3) is 0 Å². The molecule has 2 N–H and O–H groups in total. The molecule has 0 aliphatic carbocycles. The van der Waals surface area contributed by atoms with E-state index in [9.17, 15) is 9.59 Å². The summed E-state index contributed by atoms with van der Waals surface area (Å²) in [6.45, 7) is 4.60. The molecular formula is C23H28N4O2. The molecule has 2 aromatic carbocycles. The van der Waals surface area contributed by atoms with Crippen LogP contribution in [-0.4, -0.2) is 49.6 Å². The number of piperidine rings is 1. The number of hydrogen-bond acceptors (Lipinski definition) is 3. The van der Waals surface area contributed by atoms with Gasteiger partial charge in [0.1, 0.15) is 0 Å². The molecule has 1 saturated heterocycles. The SMILES string of the molecule is Cc1ccc(NC(=O)N2CCc3c(C(=O)NC4CCN(C)CC4)cccc32)cc1. The normalized spacial score (nSPS) is 17.1. The van der Waals surface area contributed by atoms with Gasteiger partial charge in [-0.3, -0.25) is 9.69 Å². The highest BCUT2D eigenvalue weighted by molar-refractivity contribution is 6.05. The largest absolute Gasteiger partial charge is 0.349 e. The Bertz CT molecular complexity index is 902. The highest BCUT2D eigenvalue weighted by Gasteiger charge is 2.29. The fraction of sp³-hybridized carbons (Fsp3) is 0.391. The number of benzene rings is 2. The maximum Gasteiger partial charge on any atom is 0.326 e. The van der Waals surface area contributed by atoms with E-state index < -0.39 is 0 Å². The van der Waals surface area contributed by atoms with Gasteiger partial charge in [0.2, 0.25) is 0 Å². The van der Waals surface area contributed by atoms with Crippen molar-refractivity contribution in [1.82, 2.24) is 10.2 Å². The Hall–Kier alpha value is -2.86. The van der Waals surface area contributed by atoms with E-state index in [1.807, 2.05) is 49.4 Å². The first-order chi connectivity index (χ1) is 14.0. The summed E-state index contributed by atoms with van der Waals surface area (Å²) < 4.78 is 0. The van der Waals surface area contributed by atoms with Gasteiger partial charge < -0.3 is 15.5 Å². The predicted octanol–water partition coefficient (Wildman–Crippen LogP) is 3.41. The molecule has 2 aliphatic heterocycles. The van der Waals surface area contributed by atoms with Crippen molar-refractivity contribution in [3.8, 4) is 0 Å². The van der Waals surface area contributed by atoms with Crippen LogP contribution < -0.4 is 15.5 Å². The summed E-state index contributed by atoms with van der Waals surface area (Å²) in [5, 5.41) is 6.14. The second-order valence-corrected chi connectivity index (χ2v) is 8.05. The van der Waals surface area contributed by atoms with Gasteiger partial charge in [0.05, 0.1) is 0 Å². The third kappa shape index (κ3) is 4.27. The Labute approximate surface area is 171 Å². The molecule has 2 aliphatic rings. The Balaban J connectivity index is 1.47. The first-order valence-electron chi connectivity index (χ1n) is 10.3. The lowest BCUT2D eigenvalue weighted by atomic mass is 10.0. The summed E-state index contributed by atoms with van der Waals surface area (Å²) in [5.74, 6) is -0.0304. The zero-order chi connectivity index (χ0) is 20.4. The third-order valence-corrected chi connectivity index (χ3v) is 5.87. The van der Waals surface area contributed by atoms with Crippen molar-refractivity contribution >= 4 is 23.3 Å². The number of carbonyl (C=O) groups excluding carboxylic acids is 2. The summed E-state index contributed by atoms with van der Waals surface area (Å²) in [6, 6.07) is 13.4. The average molecular weight is 393 g/mol. The van der Waals surface area contributed by atoms with Gasteiger partial charge in [0.25, 0.3) is 5.91 Å². The molecule has 0 atom stereocenters. The molecule has 152 valence electrons. The van der Waals surface area contributed by atoms with Crippen LogP contribution in [-0.2, 0) is 6.42 Å². The van der Waals surface area contributed by atoms with Crippen LogP contribution in [0.15, 0.2) is 42.5 Å². The molecule has 6 nitrogen and oxygen atoms in total. The number of amides is 3. The lowest BCUT2D eigenvalue weighted by Gasteiger charge is -2.29. The van der Waals surface area contributed by atoms with Gasteiger partial charge in [-0.15, -0.1) is 0 Å².